The fraction of sp³-hybridized carbons (Fsp3) is 0.545. The quantitative estimate of drug-likeness (QED) is 0.725. The van der Waals surface area contributed by atoms with Gasteiger partial charge in [0.15, 0.2) is 5.78 Å². The minimum Gasteiger partial charge on any atom is -0.325 e. The average Bonchev–Trinajstić information content (AvgIpc) is 3.00. The molecule has 0 aliphatic rings. The zero-order valence-corrected chi connectivity index (χ0v) is 10.9. The molecule has 0 bridgehead atoms. The Bertz CT molecular complexity index is 545. The number of ketones is 1. The lowest BCUT2D eigenvalue weighted by atomic mass is 10.2. The molecule has 0 atom stereocenters. The summed E-state index contributed by atoms with van der Waals surface area (Å²) in [5.41, 5.74) is 6.10. The van der Waals surface area contributed by atoms with Gasteiger partial charge in [-0.3, -0.25) is 4.79 Å². The summed E-state index contributed by atoms with van der Waals surface area (Å²) in [6, 6.07) is 0. The Kier molecular flexibility index (Phi) is 4.35. The van der Waals surface area contributed by atoms with Gasteiger partial charge in [-0.25, -0.2) is 14.3 Å². The van der Waals surface area contributed by atoms with Crippen molar-refractivity contribution in [1.82, 2.24) is 29.8 Å². The lowest BCUT2D eigenvalue weighted by molar-refractivity contribution is -0.119. The summed E-state index contributed by atoms with van der Waals surface area (Å²) in [4.78, 5) is 16.0. The Hall–Kier alpha value is -2.09. The second-order valence-electron chi connectivity index (χ2n) is 4.23. The summed E-state index contributed by atoms with van der Waals surface area (Å²) in [5.74, 6) is 0.699. The third-order valence-electron chi connectivity index (χ3n) is 2.62. The van der Waals surface area contributed by atoms with Crippen LogP contribution in [-0.4, -0.2) is 35.5 Å². The first-order chi connectivity index (χ1) is 9.22. The van der Waals surface area contributed by atoms with Crippen molar-refractivity contribution in [3.05, 3.63) is 24.0 Å². The molecule has 0 unspecified atom stereocenters. The van der Waals surface area contributed by atoms with E-state index in [-0.39, 0.29) is 18.7 Å². The highest BCUT2D eigenvalue weighted by molar-refractivity contribution is 5.79. The number of rotatable bonds is 7. The molecule has 0 aromatic carbocycles. The first kappa shape index (κ1) is 13.3. The standard InChI is InChI=1S/C11H17N7O/c1-2-3-18-11(13-8-14-18)4-10(19)7-17-6-9(5-12)15-16-17/h6,8H,2-5,7,12H2,1H3. The van der Waals surface area contributed by atoms with E-state index in [4.69, 9.17) is 5.73 Å². The number of carbonyl (C=O) groups excluding carboxylic acids is 1. The molecule has 0 saturated carbocycles. The molecule has 0 radical (unpaired) electrons. The highest BCUT2D eigenvalue weighted by Crippen LogP contribution is 2.00. The van der Waals surface area contributed by atoms with Crippen molar-refractivity contribution in [1.29, 1.82) is 0 Å². The van der Waals surface area contributed by atoms with Crippen LogP contribution in [0.15, 0.2) is 12.5 Å². The molecule has 0 fully saturated rings. The van der Waals surface area contributed by atoms with Crippen LogP contribution in [0.25, 0.3) is 0 Å². The van der Waals surface area contributed by atoms with Crippen LogP contribution < -0.4 is 5.73 Å². The molecule has 2 rings (SSSR count). The summed E-state index contributed by atoms with van der Waals surface area (Å²) in [7, 11) is 0. The van der Waals surface area contributed by atoms with E-state index in [1.807, 2.05) is 0 Å². The molecule has 2 aromatic heterocycles. The summed E-state index contributed by atoms with van der Waals surface area (Å²) >= 11 is 0. The monoisotopic (exact) mass is 263 g/mol. The second-order valence-corrected chi connectivity index (χ2v) is 4.23. The number of carbonyl (C=O) groups is 1. The number of Topliss-reactive ketones (excluding diaryl/α,β-unsaturated/α-hetero) is 1. The van der Waals surface area contributed by atoms with E-state index in [0.717, 1.165) is 13.0 Å². The molecular weight excluding hydrogens is 246 g/mol. The highest BCUT2D eigenvalue weighted by atomic mass is 16.1. The normalized spacial score (nSPS) is 10.8. The van der Waals surface area contributed by atoms with E-state index in [1.165, 1.54) is 11.0 Å². The Morgan fingerprint density at radius 2 is 2.32 bits per heavy atom. The van der Waals surface area contributed by atoms with E-state index < -0.39 is 0 Å². The SMILES string of the molecule is CCCn1ncnc1CC(=O)Cn1cc(CN)nn1. The largest absolute Gasteiger partial charge is 0.325 e. The van der Waals surface area contributed by atoms with Gasteiger partial charge in [0.05, 0.1) is 18.3 Å². The molecule has 0 amide bonds. The van der Waals surface area contributed by atoms with Crippen molar-refractivity contribution in [2.45, 2.75) is 39.4 Å². The van der Waals surface area contributed by atoms with Gasteiger partial charge in [0.2, 0.25) is 0 Å². The van der Waals surface area contributed by atoms with Crippen molar-refractivity contribution >= 4 is 5.78 Å². The third kappa shape index (κ3) is 3.44. The van der Waals surface area contributed by atoms with Gasteiger partial charge in [0.25, 0.3) is 0 Å². The maximum Gasteiger partial charge on any atom is 0.161 e. The number of aromatic nitrogens is 6. The van der Waals surface area contributed by atoms with Crippen LogP contribution in [0.1, 0.15) is 24.9 Å². The molecule has 0 spiro atoms. The predicted octanol–water partition coefficient (Wildman–Crippen LogP) is -0.450. The van der Waals surface area contributed by atoms with Crippen LogP contribution in [-0.2, 0) is 30.8 Å². The summed E-state index contributed by atoms with van der Waals surface area (Å²) in [6.07, 6.45) is 4.35. The van der Waals surface area contributed by atoms with Gasteiger partial charge in [-0.15, -0.1) is 5.10 Å². The Balaban J connectivity index is 1.95. The molecule has 19 heavy (non-hydrogen) atoms. The minimum atomic E-state index is 0.0128. The van der Waals surface area contributed by atoms with Gasteiger partial charge in [-0.05, 0) is 6.42 Å². The summed E-state index contributed by atoms with van der Waals surface area (Å²) in [6.45, 7) is 3.31. The predicted molar refractivity (Wildman–Crippen MR) is 66.9 cm³/mol. The second kappa shape index (κ2) is 6.19. The van der Waals surface area contributed by atoms with Crippen LogP contribution in [0, 0.1) is 0 Å². The van der Waals surface area contributed by atoms with Crippen LogP contribution >= 0.6 is 0 Å². The summed E-state index contributed by atoms with van der Waals surface area (Å²) in [5, 5.41) is 11.8. The third-order valence-corrected chi connectivity index (χ3v) is 2.62. The van der Waals surface area contributed by atoms with Gasteiger partial charge in [-0.2, -0.15) is 5.10 Å². The fourth-order valence-corrected chi connectivity index (χ4v) is 1.75. The van der Waals surface area contributed by atoms with Crippen molar-refractivity contribution in [2.75, 3.05) is 0 Å². The van der Waals surface area contributed by atoms with Gasteiger partial charge in [0, 0.05) is 13.1 Å². The van der Waals surface area contributed by atoms with E-state index in [2.05, 4.69) is 27.3 Å². The number of nitrogens with two attached hydrogens (primary N) is 1. The highest BCUT2D eigenvalue weighted by Gasteiger charge is 2.11. The molecule has 8 nitrogen and oxygen atoms in total. The molecule has 2 N–H and O–H groups in total. The summed E-state index contributed by atoms with van der Waals surface area (Å²) < 4.78 is 3.25. The number of aryl methyl sites for hydroxylation is 1. The molecule has 2 heterocycles. The maximum absolute atomic E-state index is 11.9. The van der Waals surface area contributed by atoms with Crippen LogP contribution in [0.3, 0.4) is 0 Å². The van der Waals surface area contributed by atoms with Gasteiger partial charge in [-0.1, -0.05) is 12.1 Å². The average molecular weight is 263 g/mol. The molecule has 102 valence electrons. The van der Waals surface area contributed by atoms with E-state index in [0.29, 0.717) is 18.1 Å². The van der Waals surface area contributed by atoms with Crippen LogP contribution in [0.2, 0.25) is 0 Å². The van der Waals surface area contributed by atoms with E-state index in [9.17, 15) is 4.79 Å². The molecular formula is C11H17N7O. The Morgan fingerprint density at radius 3 is 3.00 bits per heavy atom. The number of nitrogens with zero attached hydrogens (tertiary/aromatic N) is 6. The Labute approximate surface area is 110 Å². The molecule has 0 aliphatic carbocycles. The van der Waals surface area contributed by atoms with Crippen LogP contribution in [0.4, 0.5) is 0 Å². The lowest BCUT2D eigenvalue weighted by Crippen LogP contribution is -2.16. The topological polar surface area (TPSA) is 105 Å². The van der Waals surface area contributed by atoms with E-state index >= 15 is 0 Å². The molecule has 0 aliphatic heterocycles. The van der Waals surface area contributed by atoms with E-state index in [1.54, 1.807) is 10.9 Å². The zero-order chi connectivity index (χ0) is 13.7. The van der Waals surface area contributed by atoms with Crippen molar-refractivity contribution < 1.29 is 4.79 Å². The molecule has 8 heteroatoms. The van der Waals surface area contributed by atoms with Crippen LogP contribution in [0.5, 0.6) is 0 Å². The molecule has 0 saturated heterocycles. The van der Waals surface area contributed by atoms with Crippen molar-refractivity contribution in [3.8, 4) is 0 Å². The Morgan fingerprint density at radius 1 is 1.47 bits per heavy atom. The fourth-order valence-electron chi connectivity index (χ4n) is 1.75. The van der Waals surface area contributed by atoms with Gasteiger partial charge < -0.3 is 5.73 Å². The van der Waals surface area contributed by atoms with Gasteiger partial charge in [0.1, 0.15) is 18.7 Å². The minimum absolute atomic E-state index is 0.0128. The van der Waals surface area contributed by atoms with Crippen molar-refractivity contribution in [2.24, 2.45) is 5.73 Å². The van der Waals surface area contributed by atoms with Gasteiger partial charge >= 0.3 is 0 Å². The van der Waals surface area contributed by atoms with Crippen molar-refractivity contribution in [3.63, 3.8) is 0 Å². The number of hydrogen-bond donors (Lipinski definition) is 1. The maximum atomic E-state index is 11.9. The first-order valence-corrected chi connectivity index (χ1v) is 6.20. The zero-order valence-electron chi connectivity index (χ0n) is 10.9. The lowest BCUT2D eigenvalue weighted by Gasteiger charge is -2.03. The number of hydrogen-bond acceptors (Lipinski definition) is 6. The molecule has 2 aromatic rings. The first-order valence-electron chi connectivity index (χ1n) is 6.20. The smallest absolute Gasteiger partial charge is 0.161 e.